The zero-order chi connectivity index (χ0) is 13.1. The van der Waals surface area contributed by atoms with Gasteiger partial charge in [-0.05, 0) is 43.9 Å². The van der Waals surface area contributed by atoms with E-state index in [0.29, 0.717) is 12.5 Å². The maximum Gasteiger partial charge on any atom is 0.0962 e. The third-order valence-electron chi connectivity index (χ3n) is 4.38. The molecule has 1 saturated carbocycles. The molecule has 1 aliphatic rings. The Kier molecular flexibility index (Phi) is 4.79. The van der Waals surface area contributed by atoms with Crippen molar-refractivity contribution in [1.82, 2.24) is 4.98 Å². The van der Waals surface area contributed by atoms with Crippen LogP contribution in [0.25, 0.3) is 0 Å². The lowest BCUT2D eigenvalue weighted by Gasteiger charge is -2.29. The van der Waals surface area contributed by atoms with Gasteiger partial charge < -0.3 is 5.73 Å². The van der Waals surface area contributed by atoms with Gasteiger partial charge in [0.15, 0.2) is 0 Å². The molecule has 1 aromatic rings. The minimum absolute atomic E-state index is 0.655. The van der Waals surface area contributed by atoms with E-state index in [2.05, 4.69) is 20.8 Å². The highest BCUT2D eigenvalue weighted by molar-refractivity contribution is 7.11. The second-order valence-electron chi connectivity index (χ2n) is 5.84. The molecule has 2 N–H and O–H groups in total. The smallest absolute Gasteiger partial charge is 0.0962 e. The summed E-state index contributed by atoms with van der Waals surface area (Å²) in [6, 6.07) is 0. The number of nitrogens with zero attached hydrogens (tertiary/aromatic N) is 1. The monoisotopic (exact) mass is 266 g/mol. The first-order valence-corrected chi connectivity index (χ1v) is 8.15. The van der Waals surface area contributed by atoms with Crippen LogP contribution in [0.3, 0.4) is 0 Å². The van der Waals surface area contributed by atoms with Crippen LogP contribution in [0.15, 0.2) is 0 Å². The van der Waals surface area contributed by atoms with E-state index in [1.807, 2.05) is 11.3 Å². The lowest BCUT2D eigenvalue weighted by molar-refractivity contribution is 0.258. The van der Waals surface area contributed by atoms with Gasteiger partial charge in [0.2, 0.25) is 0 Å². The summed E-state index contributed by atoms with van der Waals surface area (Å²) in [7, 11) is 0. The van der Waals surface area contributed by atoms with Crippen LogP contribution in [0, 0.1) is 11.8 Å². The van der Waals surface area contributed by atoms with Crippen molar-refractivity contribution in [3.63, 3.8) is 0 Å². The predicted molar refractivity (Wildman–Crippen MR) is 78.9 cm³/mol. The Balaban J connectivity index is 2.03. The second-order valence-corrected chi connectivity index (χ2v) is 6.95. The molecule has 0 radical (unpaired) electrons. The predicted octanol–water partition coefficient (Wildman–Crippen LogP) is 4.09. The molecule has 0 unspecified atom stereocenters. The lowest BCUT2D eigenvalue weighted by Crippen LogP contribution is -2.17. The molecule has 18 heavy (non-hydrogen) atoms. The molecule has 0 aromatic carbocycles. The van der Waals surface area contributed by atoms with Crippen LogP contribution >= 0.6 is 11.3 Å². The van der Waals surface area contributed by atoms with Gasteiger partial charge in [0, 0.05) is 17.3 Å². The molecule has 3 heteroatoms. The van der Waals surface area contributed by atoms with Crippen molar-refractivity contribution in [3.05, 3.63) is 15.6 Å². The van der Waals surface area contributed by atoms with E-state index in [1.165, 1.54) is 41.3 Å². The van der Waals surface area contributed by atoms with E-state index < -0.39 is 0 Å². The molecule has 0 saturated heterocycles. The topological polar surface area (TPSA) is 38.9 Å². The first-order chi connectivity index (χ1) is 8.65. The fourth-order valence-electron chi connectivity index (χ4n) is 3.05. The molecular weight excluding hydrogens is 240 g/mol. The van der Waals surface area contributed by atoms with Crippen molar-refractivity contribution in [3.8, 4) is 0 Å². The highest BCUT2D eigenvalue weighted by Crippen LogP contribution is 2.40. The van der Waals surface area contributed by atoms with Crippen LogP contribution in [-0.4, -0.2) is 4.98 Å². The minimum atomic E-state index is 0.655. The van der Waals surface area contributed by atoms with E-state index in [1.54, 1.807) is 0 Å². The minimum Gasteiger partial charge on any atom is -0.326 e. The molecular formula is C15H26N2S. The van der Waals surface area contributed by atoms with E-state index in [-0.39, 0.29) is 0 Å². The largest absolute Gasteiger partial charge is 0.326 e. The van der Waals surface area contributed by atoms with Crippen molar-refractivity contribution < 1.29 is 0 Å². The zero-order valence-corrected chi connectivity index (χ0v) is 12.7. The molecule has 0 atom stereocenters. The molecule has 0 amide bonds. The van der Waals surface area contributed by atoms with Crippen LogP contribution in [0.2, 0.25) is 0 Å². The third-order valence-corrected chi connectivity index (χ3v) is 5.66. The van der Waals surface area contributed by atoms with E-state index in [9.17, 15) is 0 Å². The molecule has 1 heterocycles. The Labute approximate surface area is 115 Å². The summed E-state index contributed by atoms with van der Waals surface area (Å²) in [5, 5.41) is 1.36. The molecule has 1 fully saturated rings. The lowest BCUT2D eigenvalue weighted by atomic mass is 9.77. The van der Waals surface area contributed by atoms with Gasteiger partial charge in [-0.15, -0.1) is 11.3 Å². The maximum absolute atomic E-state index is 5.80. The van der Waals surface area contributed by atoms with Crippen LogP contribution < -0.4 is 5.73 Å². The Morgan fingerprint density at radius 2 is 1.94 bits per heavy atom. The third kappa shape index (κ3) is 2.94. The quantitative estimate of drug-likeness (QED) is 0.891. The molecule has 102 valence electrons. The van der Waals surface area contributed by atoms with Gasteiger partial charge >= 0.3 is 0 Å². The van der Waals surface area contributed by atoms with Gasteiger partial charge in [-0.2, -0.15) is 0 Å². The number of nitrogens with two attached hydrogens (primary N) is 1. The van der Waals surface area contributed by atoms with Crippen molar-refractivity contribution in [1.29, 1.82) is 0 Å². The van der Waals surface area contributed by atoms with Gasteiger partial charge in [-0.1, -0.05) is 20.8 Å². The second kappa shape index (κ2) is 6.16. The van der Waals surface area contributed by atoms with Crippen LogP contribution in [0.1, 0.15) is 68.0 Å². The number of thiazole rings is 1. The van der Waals surface area contributed by atoms with Gasteiger partial charge in [0.05, 0.1) is 10.7 Å². The summed E-state index contributed by atoms with van der Waals surface area (Å²) in [5.41, 5.74) is 7.04. The standard InChI is InChI=1S/C15H26N2S/c1-4-13-14(9-16)18-15(17-13)12-7-5-11(6-8-12)10(2)3/h10-12H,4-9,16H2,1-3H3. The van der Waals surface area contributed by atoms with Crippen molar-refractivity contribution in [2.45, 2.75) is 65.3 Å². The van der Waals surface area contributed by atoms with Crippen LogP contribution in [0.4, 0.5) is 0 Å². The average Bonchev–Trinajstić information content (AvgIpc) is 2.82. The highest BCUT2D eigenvalue weighted by Gasteiger charge is 2.26. The number of rotatable bonds is 4. The Hall–Kier alpha value is -0.410. The van der Waals surface area contributed by atoms with E-state index in [0.717, 1.165) is 18.3 Å². The van der Waals surface area contributed by atoms with Crippen LogP contribution in [-0.2, 0) is 13.0 Å². The first-order valence-electron chi connectivity index (χ1n) is 7.34. The summed E-state index contributed by atoms with van der Waals surface area (Å²) in [5.74, 6) is 2.48. The van der Waals surface area contributed by atoms with Crippen molar-refractivity contribution >= 4 is 11.3 Å². The summed E-state index contributed by atoms with van der Waals surface area (Å²) < 4.78 is 0. The van der Waals surface area contributed by atoms with Crippen LogP contribution in [0.5, 0.6) is 0 Å². The summed E-state index contributed by atoms with van der Waals surface area (Å²) >= 11 is 1.86. The SMILES string of the molecule is CCc1nc(C2CCC(C(C)C)CC2)sc1CN. The highest BCUT2D eigenvalue weighted by atomic mass is 32.1. The molecule has 2 rings (SSSR count). The molecule has 1 aliphatic carbocycles. The van der Waals surface area contributed by atoms with E-state index >= 15 is 0 Å². The molecule has 0 bridgehead atoms. The Morgan fingerprint density at radius 1 is 1.28 bits per heavy atom. The van der Waals surface area contributed by atoms with Gasteiger partial charge in [0.25, 0.3) is 0 Å². The summed E-state index contributed by atoms with van der Waals surface area (Å²) in [6.45, 7) is 7.54. The first kappa shape index (κ1) is 14.0. The normalized spacial score (nSPS) is 24.7. The summed E-state index contributed by atoms with van der Waals surface area (Å²) in [4.78, 5) is 6.14. The van der Waals surface area contributed by atoms with Gasteiger partial charge in [-0.25, -0.2) is 4.98 Å². The van der Waals surface area contributed by atoms with Gasteiger partial charge in [0.1, 0.15) is 0 Å². The Bertz CT molecular complexity index is 354. The number of hydrogen-bond acceptors (Lipinski definition) is 3. The van der Waals surface area contributed by atoms with Gasteiger partial charge in [-0.3, -0.25) is 0 Å². The number of hydrogen-bond donors (Lipinski definition) is 1. The molecule has 0 spiro atoms. The van der Waals surface area contributed by atoms with Crippen molar-refractivity contribution in [2.24, 2.45) is 17.6 Å². The zero-order valence-electron chi connectivity index (χ0n) is 11.9. The fraction of sp³-hybridized carbons (Fsp3) is 0.800. The molecule has 2 nitrogen and oxygen atoms in total. The Morgan fingerprint density at radius 3 is 2.39 bits per heavy atom. The number of aromatic nitrogens is 1. The number of aryl methyl sites for hydroxylation is 1. The molecule has 1 aromatic heterocycles. The maximum atomic E-state index is 5.80. The van der Waals surface area contributed by atoms with E-state index in [4.69, 9.17) is 10.7 Å². The fourth-order valence-corrected chi connectivity index (χ4v) is 4.25. The molecule has 0 aliphatic heterocycles. The average molecular weight is 266 g/mol. The summed E-state index contributed by atoms with van der Waals surface area (Å²) in [6.07, 6.45) is 6.42. The van der Waals surface area contributed by atoms with Crippen molar-refractivity contribution in [2.75, 3.05) is 0 Å².